The molecule has 20 aliphatic rings. The molecule has 2 aromatic rings. The van der Waals surface area contributed by atoms with Gasteiger partial charge in [-0.25, -0.2) is 4.98 Å². The lowest BCUT2D eigenvalue weighted by Crippen LogP contribution is -2.56. The molecule has 0 unspecified atom stereocenters. The van der Waals surface area contributed by atoms with Crippen LogP contribution in [0.15, 0.2) is 36.7 Å². The van der Waals surface area contributed by atoms with Crippen molar-refractivity contribution in [2.45, 2.75) is 524 Å². The Morgan fingerprint density at radius 2 is 0.620 bits per heavy atom. The van der Waals surface area contributed by atoms with Crippen molar-refractivity contribution in [3.8, 4) is 12.1 Å². The van der Waals surface area contributed by atoms with E-state index < -0.39 is 22.8 Å². The number of aliphatic hydroxyl groups is 4. The van der Waals surface area contributed by atoms with Gasteiger partial charge >= 0.3 is 5.97 Å². The van der Waals surface area contributed by atoms with Crippen molar-refractivity contribution in [1.29, 1.82) is 10.5 Å². The SMILES string of the molecule is C.C.C.C.C.C.CC(=O)[C@H]1CC[C@H]2[C@@H]3CC[C@@H]4CC(=O)CC[C@]4(C)[C@H]3CC[C@]12C.CCC[C@@]1(O)CC[C@@]2(C)[C@H](CC[C@@H]3[C@@H]2CC[C@]2(C)[C@@H](C(=O)Cc4ccc(C#N)cn4)CC[C@@H]32)C1.CCC[C@@]1(O)CC[C@@]2(C)[C@H](CC[C@@H]3[C@@H]2CC[C@]2(C)[C@@H](C(=O)O)CC[C@@H]32)C1.CCC[C@@]1(O)CC[C@@]2(C)[C@H](CC[C@@H]3[C@@H]2CC[C@]2(C)[C@@H](C(C)=O)CC[C@@H]32)C1.CCC[C@@]1(O)CC[C@@]2(C)[C@H](CC[C@@H]3[C@@H]2CC[C@]2(C)[C@@H](C(N)=O)CC[C@@H]32)C1.N#Cc1ccc(Cl)nc1. The van der Waals surface area contributed by atoms with Gasteiger partial charge in [-0.3, -0.25) is 33.8 Å². The first-order valence-corrected chi connectivity index (χ1v) is 60.3. The van der Waals surface area contributed by atoms with Crippen LogP contribution in [0.3, 0.4) is 0 Å². The number of pyridine rings is 2. The van der Waals surface area contributed by atoms with Crippen molar-refractivity contribution in [1.82, 2.24) is 9.97 Å². The maximum Gasteiger partial charge on any atom is 0.307 e. The lowest BCUT2D eigenvalue weighted by Gasteiger charge is -2.62. The topological polar surface area (TPSA) is 303 Å². The molecule has 39 atom stereocenters. The molecule has 0 aliphatic heterocycles. The number of nitrogens with zero attached hydrogens (tertiary/aromatic N) is 4. The van der Waals surface area contributed by atoms with Gasteiger partial charge in [-0.05, 0) is 512 Å². The fourth-order valence-corrected chi connectivity index (χ4v) is 43.3. The molecule has 0 bridgehead atoms. The zero-order valence-corrected chi connectivity index (χ0v) is 93.3. The molecule has 1 amide bonds. The molecular formula is C133H218ClN5O11. The highest BCUT2D eigenvalue weighted by atomic mass is 35.5. The molecule has 7 N–H and O–H groups in total. The summed E-state index contributed by atoms with van der Waals surface area (Å²) in [6, 6.07) is 10.9. The van der Waals surface area contributed by atoms with Gasteiger partial charge < -0.3 is 31.3 Å². The normalized spacial score (nSPS) is 46.2. The molecule has 20 saturated carbocycles. The Morgan fingerprint density at radius 1 is 0.347 bits per heavy atom. The van der Waals surface area contributed by atoms with Gasteiger partial charge in [0.1, 0.15) is 40.4 Å². The first-order valence-electron chi connectivity index (χ1n) is 59.9. The zero-order chi connectivity index (χ0) is 103. The van der Waals surface area contributed by atoms with Crippen LogP contribution in [0.5, 0.6) is 0 Å². The molecule has 0 radical (unpaired) electrons. The van der Waals surface area contributed by atoms with E-state index in [9.17, 15) is 54.3 Å². The van der Waals surface area contributed by atoms with Crippen molar-refractivity contribution in [3.63, 3.8) is 0 Å². The number of carbonyl (C=O) groups is 6. The lowest BCUT2D eigenvalue weighted by atomic mass is 9.43. The summed E-state index contributed by atoms with van der Waals surface area (Å²) >= 11 is 5.45. The van der Waals surface area contributed by atoms with Crippen molar-refractivity contribution in [2.24, 2.45) is 208 Å². The highest BCUT2D eigenvalue weighted by Gasteiger charge is 2.70. The van der Waals surface area contributed by atoms with Gasteiger partial charge in [-0.2, -0.15) is 10.5 Å². The van der Waals surface area contributed by atoms with Gasteiger partial charge in [0.2, 0.25) is 5.91 Å². The molecule has 2 aromatic heterocycles. The number of hydrogen-bond acceptors (Lipinski definition) is 14. The third-order valence-corrected chi connectivity index (χ3v) is 51.0. The number of aliphatic carboxylic acids is 1. The van der Waals surface area contributed by atoms with E-state index in [-0.39, 0.29) is 101 Å². The number of amides is 1. The number of fused-ring (bicyclic) bond motifs is 25. The number of halogens is 1. The van der Waals surface area contributed by atoms with E-state index in [1.807, 2.05) is 26.0 Å². The maximum atomic E-state index is 13.5. The number of nitrogens with two attached hydrogens (primary N) is 1. The van der Waals surface area contributed by atoms with E-state index in [0.717, 1.165) is 250 Å². The van der Waals surface area contributed by atoms with Crippen molar-refractivity contribution >= 4 is 46.6 Å². The zero-order valence-electron chi connectivity index (χ0n) is 92.5. The molecule has 2 heterocycles. The van der Waals surface area contributed by atoms with Crippen LogP contribution in [0.25, 0.3) is 0 Å². The molecule has 848 valence electrons. The minimum atomic E-state index is -0.560. The average molecular weight is 2100 g/mol. The second-order valence-electron chi connectivity index (χ2n) is 56.8. The second-order valence-corrected chi connectivity index (χ2v) is 57.2. The van der Waals surface area contributed by atoms with Gasteiger partial charge in [-0.15, -0.1) is 0 Å². The third-order valence-electron chi connectivity index (χ3n) is 50.8. The summed E-state index contributed by atoms with van der Waals surface area (Å²) in [5.41, 5.74) is 8.77. The fraction of sp³-hybridized carbons (Fsp3) is 0.865. The molecule has 0 spiro atoms. The number of nitriles is 2. The van der Waals surface area contributed by atoms with Crippen molar-refractivity contribution in [2.75, 3.05) is 0 Å². The summed E-state index contributed by atoms with van der Waals surface area (Å²) in [4.78, 5) is 81.8. The Balaban J connectivity index is 0.000000173. The van der Waals surface area contributed by atoms with Crippen LogP contribution in [0.2, 0.25) is 5.15 Å². The lowest BCUT2D eigenvalue weighted by molar-refractivity contribution is -0.162. The summed E-state index contributed by atoms with van der Waals surface area (Å²) < 4.78 is 0. The van der Waals surface area contributed by atoms with Crippen LogP contribution in [0, 0.1) is 225 Å². The maximum absolute atomic E-state index is 13.5. The van der Waals surface area contributed by atoms with Gasteiger partial charge in [0.05, 0.1) is 39.4 Å². The van der Waals surface area contributed by atoms with Crippen LogP contribution in [0.1, 0.15) is 512 Å². The number of primary amides is 1. The highest BCUT2D eigenvalue weighted by molar-refractivity contribution is 6.29. The first-order chi connectivity index (χ1) is 68.1. The highest BCUT2D eigenvalue weighted by Crippen LogP contribution is 2.76. The van der Waals surface area contributed by atoms with Gasteiger partial charge in [0.25, 0.3) is 0 Å². The average Bonchev–Trinajstić information content (AvgIpc) is 1.45. The van der Waals surface area contributed by atoms with E-state index >= 15 is 0 Å². The van der Waals surface area contributed by atoms with E-state index in [4.69, 9.17) is 27.9 Å². The van der Waals surface area contributed by atoms with E-state index in [1.54, 1.807) is 24.4 Å². The van der Waals surface area contributed by atoms with E-state index in [2.05, 4.69) is 113 Å². The standard InChI is InChI=1S/C30H42N2O2.C24H40O2.C23H39NO2.C23H38O3.C21H32O2.C6H3ClN2.6CH4/c1-4-12-30(34)15-14-28(2)21(17-30)6-8-23-24-9-10-26(29(24,3)13-11-25(23)28)27(33)16-22-7-5-20(18-31)19-32-22;1-5-11-24(26)14-13-22(3)17(15-24)6-7-18-20-9-8-19(16(2)25)23(20,4)12-10-21(18)22;2*1-4-10-23(26)13-12-21(2)15(14-23)5-6-16-17-7-8-19(20(24)25)22(17,3)11-9-18(16)21;1-13(22)17-6-7-18-16-5-4-14-12-15(23)8-10-20(14,2)19(16)9-11-21(17,18)3;7-6-2-1-5(3-8)4-9-6;;;;;;/h5,7,19,21,23-26,34H,4,6,8-17H2,1-3H3;17-21,26H,5-15H2,1-4H3;15-19,26H,4-14H2,1-3H3,(H2,24,25);15-19,26H,4-14H2,1-3H3,(H,24,25);14,16-19H,4-12H2,1-3H3;1-2,4H;6*1H4/t21-,23+,24+,25+,26-,28+,29+,30-;17-,18+,19-,20+,21+,22+,23-,24-;2*15-,16+,17+,18+,19-,21+,22+,23-;14-,16+,17-,18+,19+,20+,21-;;;;;;;/m11111......./s1. The van der Waals surface area contributed by atoms with Crippen LogP contribution in [-0.4, -0.2) is 92.9 Å². The number of Topliss-reactive ketones (excluding diaryl/α,β-unsaturated/α-hetero) is 4. The Hall–Kier alpha value is -4.97. The first kappa shape index (κ1) is 125. The van der Waals surface area contributed by atoms with Crippen molar-refractivity contribution in [3.05, 3.63) is 58.6 Å². The van der Waals surface area contributed by atoms with Crippen LogP contribution >= 0.6 is 11.6 Å². The Bertz CT molecular complexity index is 4770. The molecule has 20 fully saturated rings. The van der Waals surface area contributed by atoms with Crippen LogP contribution < -0.4 is 5.73 Å². The van der Waals surface area contributed by atoms with Crippen LogP contribution in [0.4, 0.5) is 0 Å². The number of carboxylic acids is 1. The fourth-order valence-electron chi connectivity index (χ4n) is 43.2. The number of carboxylic acid groups (broad SMARTS) is 1. The molecule has 17 heteroatoms. The van der Waals surface area contributed by atoms with E-state index in [0.29, 0.717) is 132 Å². The third kappa shape index (κ3) is 22.6. The molecule has 22 rings (SSSR count). The number of ketones is 4. The Morgan fingerprint density at radius 3 is 0.907 bits per heavy atom. The predicted octanol–water partition coefficient (Wildman–Crippen LogP) is 32.2. The molecule has 0 saturated heterocycles. The molecule has 0 aromatic carbocycles. The minimum Gasteiger partial charge on any atom is -0.481 e. The summed E-state index contributed by atoms with van der Waals surface area (Å²) in [5, 5.41) is 71.8. The number of carbonyl (C=O) groups excluding carboxylic acids is 5. The smallest absolute Gasteiger partial charge is 0.307 e. The minimum absolute atomic E-state index is 0. The summed E-state index contributed by atoms with van der Waals surface area (Å²) in [6.45, 7) is 37.1. The number of hydrogen-bond donors (Lipinski definition) is 6. The van der Waals surface area contributed by atoms with Crippen molar-refractivity contribution < 1.29 is 54.3 Å². The quantitative estimate of drug-likeness (QED) is 0.0903. The molecule has 20 aliphatic carbocycles. The summed E-state index contributed by atoms with van der Waals surface area (Å²) in [6.07, 6.45) is 63.4. The number of rotatable bonds is 15. The van der Waals surface area contributed by atoms with Crippen LogP contribution in [-0.2, 0) is 35.2 Å². The van der Waals surface area contributed by atoms with Gasteiger partial charge in [0, 0.05) is 61.0 Å². The second kappa shape index (κ2) is 47.9. The van der Waals surface area contributed by atoms with Gasteiger partial charge in [-0.1, -0.05) is 179 Å². The monoisotopic (exact) mass is 2100 g/mol. The summed E-state index contributed by atoms with van der Waals surface area (Å²) in [7, 11) is 0. The molecular weight excluding hydrogens is 1880 g/mol. The van der Waals surface area contributed by atoms with E-state index in [1.165, 1.54) is 173 Å². The number of aromatic nitrogens is 2. The van der Waals surface area contributed by atoms with Gasteiger partial charge in [0.15, 0.2) is 0 Å². The summed E-state index contributed by atoms with van der Waals surface area (Å²) in [5.74, 6) is 16.5. The largest absolute Gasteiger partial charge is 0.481 e. The Kier molecular flexibility index (Phi) is 40.0. The Labute approximate surface area is 918 Å². The molecule has 16 nitrogen and oxygen atoms in total. The predicted molar refractivity (Wildman–Crippen MR) is 611 cm³/mol. The molecule has 150 heavy (non-hydrogen) atoms.